The van der Waals surface area contributed by atoms with Gasteiger partial charge in [-0.3, -0.25) is 0 Å². The molecule has 2 heteroatoms. The zero-order chi connectivity index (χ0) is 9.19. The molecule has 1 aliphatic rings. The van der Waals surface area contributed by atoms with E-state index in [1.54, 1.807) is 7.11 Å². The van der Waals surface area contributed by atoms with E-state index in [0.29, 0.717) is 6.10 Å². The van der Waals surface area contributed by atoms with Gasteiger partial charge in [0.1, 0.15) is 0 Å². The largest absolute Gasteiger partial charge is 0.381 e. The Hall–Kier alpha value is -0.0800. The minimum absolute atomic E-state index is 0.0121. The van der Waals surface area contributed by atoms with Crippen LogP contribution >= 0.6 is 0 Å². The Labute approximate surface area is 75.2 Å². The van der Waals surface area contributed by atoms with Gasteiger partial charge in [0.05, 0.1) is 18.3 Å². The second-order valence-electron chi connectivity index (χ2n) is 4.62. The third kappa shape index (κ3) is 3.11. The molecule has 0 atom stereocenters. The van der Waals surface area contributed by atoms with Crippen LogP contribution in [-0.4, -0.2) is 25.4 Å². The Kier molecular flexibility index (Phi) is 3.13. The van der Waals surface area contributed by atoms with Crippen LogP contribution in [0.4, 0.5) is 0 Å². The van der Waals surface area contributed by atoms with Gasteiger partial charge in [0.15, 0.2) is 0 Å². The van der Waals surface area contributed by atoms with Gasteiger partial charge >= 0.3 is 0 Å². The minimum Gasteiger partial charge on any atom is -0.381 e. The maximum absolute atomic E-state index is 5.67. The Morgan fingerprint density at radius 2 is 1.83 bits per heavy atom. The van der Waals surface area contributed by atoms with E-state index in [4.69, 9.17) is 9.47 Å². The Morgan fingerprint density at radius 3 is 2.25 bits per heavy atom. The molecule has 2 nitrogen and oxygen atoms in total. The third-order valence-electron chi connectivity index (χ3n) is 2.28. The van der Waals surface area contributed by atoms with Gasteiger partial charge in [-0.25, -0.2) is 0 Å². The molecule has 0 radical (unpaired) electrons. The lowest BCUT2D eigenvalue weighted by molar-refractivity contribution is -0.0755. The van der Waals surface area contributed by atoms with Gasteiger partial charge in [0.25, 0.3) is 0 Å². The van der Waals surface area contributed by atoms with Gasteiger partial charge in [0.2, 0.25) is 0 Å². The van der Waals surface area contributed by atoms with Crippen LogP contribution in [0.15, 0.2) is 0 Å². The highest BCUT2D eigenvalue weighted by molar-refractivity contribution is 4.80. The molecule has 0 amide bonds. The molecule has 0 bridgehead atoms. The molecule has 0 heterocycles. The first kappa shape index (κ1) is 10.0. The zero-order valence-electron chi connectivity index (χ0n) is 8.59. The molecule has 72 valence electrons. The maximum Gasteiger partial charge on any atom is 0.0598 e. The monoisotopic (exact) mass is 172 g/mol. The molecule has 1 aliphatic carbocycles. The molecule has 0 spiro atoms. The molecule has 0 aromatic rings. The number of hydrogen-bond donors (Lipinski definition) is 0. The van der Waals surface area contributed by atoms with E-state index in [-0.39, 0.29) is 5.60 Å². The third-order valence-corrected chi connectivity index (χ3v) is 2.28. The van der Waals surface area contributed by atoms with Gasteiger partial charge in [-0.05, 0) is 39.5 Å². The summed E-state index contributed by atoms with van der Waals surface area (Å²) in [5, 5.41) is 0. The van der Waals surface area contributed by atoms with Crippen molar-refractivity contribution < 1.29 is 9.47 Å². The molecule has 0 aromatic carbocycles. The van der Waals surface area contributed by atoms with Crippen molar-refractivity contribution in [3.63, 3.8) is 0 Å². The van der Waals surface area contributed by atoms with Crippen LogP contribution in [0.5, 0.6) is 0 Å². The molecule has 0 aromatic heterocycles. The smallest absolute Gasteiger partial charge is 0.0598 e. The molecule has 0 saturated heterocycles. The number of methoxy groups -OCH3 is 1. The van der Waals surface area contributed by atoms with Crippen LogP contribution in [-0.2, 0) is 9.47 Å². The summed E-state index contributed by atoms with van der Waals surface area (Å²) in [6, 6.07) is 0. The fourth-order valence-corrected chi connectivity index (χ4v) is 1.37. The van der Waals surface area contributed by atoms with Gasteiger partial charge in [-0.1, -0.05) is 0 Å². The van der Waals surface area contributed by atoms with Crippen molar-refractivity contribution in [3.05, 3.63) is 0 Å². The second-order valence-corrected chi connectivity index (χ2v) is 4.62. The highest BCUT2D eigenvalue weighted by Crippen LogP contribution is 2.30. The Balaban J connectivity index is 2.04. The fraction of sp³-hybridized carbons (Fsp3) is 1.00. The van der Waals surface area contributed by atoms with E-state index in [1.165, 1.54) is 12.8 Å². The molecule has 12 heavy (non-hydrogen) atoms. The molecule has 1 fully saturated rings. The predicted molar refractivity (Wildman–Crippen MR) is 49.2 cm³/mol. The summed E-state index contributed by atoms with van der Waals surface area (Å²) in [5.74, 6) is 0.731. The molecule has 0 aliphatic heterocycles. The average Bonchev–Trinajstić information content (AvgIpc) is 1.82. The first-order valence-corrected chi connectivity index (χ1v) is 4.68. The molecule has 1 saturated carbocycles. The van der Waals surface area contributed by atoms with E-state index in [9.17, 15) is 0 Å². The van der Waals surface area contributed by atoms with Gasteiger partial charge in [-0.15, -0.1) is 0 Å². The lowest BCUT2D eigenvalue weighted by Gasteiger charge is -2.35. The highest BCUT2D eigenvalue weighted by atomic mass is 16.5. The van der Waals surface area contributed by atoms with Crippen molar-refractivity contribution in [2.24, 2.45) is 5.92 Å². The predicted octanol–water partition coefficient (Wildman–Crippen LogP) is 2.23. The molecule has 1 rings (SSSR count). The van der Waals surface area contributed by atoms with E-state index in [0.717, 1.165) is 12.5 Å². The summed E-state index contributed by atoms with van der Waals surface area (Å²) in [6.45, 7) is 7.18. The van der Waals surface area contributed by atoms with Crippen LogP contribution in [0.25, 0.3) is 0 Å². The van der Waals surface area contributed by atoms with Gasteiger partial charge in [-0.2, -0.15) is 0 Å². The molecular formula is C10H20O2. The van der Waals surface area contributed by atoms with E-state index in [1.807, 2.05) is 0 Å². The molecule has 0 unspecified atom stereocenters. The summed E-state index contributed by atoms with van der Waals surface area (Å²) in [5.41, 5.74) is 0.0121. The first-order chi connectivity index (χ1) is 5.51. The summed E-state index contributed by atoms with van der Waals surface area (Å²) < 4.78 is 10.9. The van der Waals surface area contributed by atoms with Crippen molar-refractivity contribution in [1.29, 1.82) is 0 Å². The van der Waals surface area contributed by atoms with Crippen LogP contribution < -0.4 is 0 Å². The Bertz CT molecular complexity index is 131. The van der Waals surface area contributed by atoms with Crippen LogP contribution in [0, 0.1) is 5.92 Å². The topological polar surface area (TPSA) is 18.5 Å². The summed E-state index contributed by atoms with van der Waals surface area (Å²) in [4.78, 5) is 0. The zero-order valence-corrected chi connectivity index (χ0v) is 8.59. The Morgan fingerprint density at radius 1 is 1.25 bits per heavy atom. The second kappa shape index (κ2) is 3.75. The van der Waals surface area contributed by atoms with Gasteiger partial charge in [0, 0.05) is 7.11 Å². The average molecular weight is 172 g/mol. The van der Waals surface area contributed by atoms with Crippen molar-refractivity contribution in [1.82, 2.24) is 0 Å². The van der Waals surface area contributed by atoms with Crippen LogP contribution in [0.2, 0.25) is 0 Å². The van der Waals surface area contributed by atoms with Crippen molar-refractivity contribution >= 4 is 0 Å². The molecule has 0 N–H and O–H groups in total. The van der Waals surface area contributed by atoms with E-state index in [2.05, 4.69) is 20.8 Å². The lowest BCUT2D eigenvalue weighted by Crippen LogP contribution is -2.35. The normalized spacial score (nSPS) is 30.0. The maximum atomic E-state index is 5.67. The van der Waals surface area contributed by atoms with Crippen molar-refractivity contribution in [2.45, 2.75) is 45.3 Å². The fourth-order valence-electron chi connectivity index (χ4n) is 1.37. The quantitative estimate of drug-likeness (QED) is 0.650. The van der Waals surface area contributed by atoms with Crippen LogP contribution in [0.3, 0.4) is 0 Å². The van der Waals surface area contributed by atoms with Crippen LogP contribution in [0.1, 0.15) is 33.6 Å². The standard InChI is InChI=1S/C10H20O2/c1-10(2,3)12-7-8-5-9(6-8)11-4/h8-9H,5-7H2,1-4H3. The summed E-state index contributed by atoms with van der Waals surface area (Å²) in [7, 11) is 1.78. The van der Waals surface area contributed by atoms with Crippen molar-refractivity contribution in [3.8, 4) is 0 Å². The first-order valence-electron chi connectivity index (χ1n) is 4.68. The van der Waals surface area contributed by atoms with E-state index < -0.39 is 0 Å². The van der Waals surface area contributed by atoms with Gasteiger partial charge < -0.3 is 9.47 Å². The molecular weight excluding hydrogens is 152 g/mol. The summed E-state index contributed by atoms with van der Waals surface area (Å²) in [6.07, 6.45) is 2.85. The number of ether oxygens (including phenoxy) is 2. The SMILES string of the molecule is COC1CC(COC(C)(C)C)C1. The number of rotatable bonds is 3. The van der Waals surface area contributed by atoms with Crippen molar-refractivity contribution in [2.75, 3.05) is 13.7 Å². The highest BCUT2D eigenvalue weighted by Gasteiger charge is 2.29. The lowest BCUT2D eigenvalue weighted by atomic mass is 9.83. The summed E-state index contributed by atoms with van der Waals surface area (Å²) >= 11 is 0. The minimum atomic E-state index is 0.0121. The number of hydrogen-bond acceptors (Lipinski definition) is 2. The van der Waals surface area contributed by atoms with E-state index >= 15 is 0 Å².